The molecular formula is C46H29Cl3N4O6. The molecule has 2 atom stereocenters. The zero-order valence-electron chi connectivity index (χ0n) is 31.7. The Hall–Kier alpha value is -5.81. The minimum atomic E-state index is -0.274. The molecule has 11 aromatic rings. The van der Waals surface area contributed by atoms with Crippen LogP contribution < -0.4 is 30.1 Å². The van der Waals surface area contributed by atoms with Crippen molar-refractivity contribution < 1.29 is 18.9 Å². The number of ether oxygens (including phenoxy) is 4. The molecule has 0 spiro atoms. The van der Waals surface area contributed by atoms with Gasteiger partial charge in [-0.25, -0.2) is 9.97 Å². The van der Waals surface area contributed by atoms with Crippen LogP contribution in [0.15, 0.2) is 58.1 Å². The minimum Gasteiger partial charge on any atom is -0.489 e. The van der Waals surface area contributed by atoms with Crippen molar-refractivity contribution in [3.8, 4) is 23.0 Å². The second kappa shape index (κ2) is 11.5. The molecule has 0 amide bonds. The van der Waals surface area contributed by atoms with E-state index in [0.29, 0.717) is 146 Å². The summed E-state index contributed by atoms with van der Waals surface area (Å²) in [5.41, 5.74) is 3.72. The van der Waals surface area contributed by atoms with Crippen LogP contribution in [0.3, 0.4) is 0 Å². The summed E-state index contributed by atoms with van der Waals surface area (Å²) in [6.45, 7) is 8.25. The lowest BCUT2D eigenvalue weighted by molar-refractivity contribution is 0.210. The van der Waals surface area contributed by atoms with Crippen LogP contribution in [0.25, 0.3) is 98.0 Å². The maximum atomic E-state index is 14.8. The fraction of sp³-hybridized carbons (Fsp3) is 0.217. The van der Waals surface area contributed by atoms with Gasteiger partial charge in [-0.3, -0.25) is 18.4 Å². The molecule has 13 rings (SSSR count). The lowest BCUT2D eigenvalue weighted by atomic mass is 9.84. The van der Waals surface area contributed by atoms with E-state index in [1.165, 1.54) is 0 Å². The lowest BCUT2D eigenvalue weighted by Gasteiger charge is -2.22. The summed E-state index contributed by atoms with van der Waals surface area (Å²) < 4.78 is 27.8. The molecule has 0 N–H and O–H groups in total. The van der Waals surface area contributed by atoms with E-state index in [4.69, 9.17) is 63.7 Å². The molecule has 2 aliphatic heterocycles. The SMILES string of the molecule is CCC1COc2cc3nc4c5cc(Cl)c6c7c(Cl)cc8c(=O)n9c%10cc%11c(cc%10nc9c9cc(C)c(c%10c(Cl)cc(c(=O)n4c3cc2OC1)c5c%106)c7c89)OCC(C)CO%11. The first-order valence-electron chi connectivity index (χ1n) is 19.6. The molecule has 0 fully saturated rings. The Bertz CT molecular complexity index is 3840. The van der Waals surface area contributed by atoms with Crippen LogP contribution in [-0.4, -0.2) is 45.2 Å². The van der Waals surface area contributed by atoms with Gasteiger partial charge in [0.05, 0.1) is 59.3 Å². The fourth-order valence-corrected chi connectivity index (χ4v) is 10.8. The average Bonchev–Trinajstić information content (AvgIpc) is 3.64. The third-order valence-corrected chi connectivity index (χ3v) is 13.6. The summed E-state index contributed by atoms with van der Waals surface area (Å²) in [7, 11) is 0. The van der Waals surface area contributed by atoms with Crippen molar-refractivity contribution in [3.63, 3.8) is 0 Å². The van der Waals surface area contributed by atoms with Crippen molar-refractivity contribution in [1.82, 2.24) is 18.8 Å². The highest BCUT2D eigenvalue weighted by atomic mass is 35.5. The number of hydrogen-bond acceptors (Lipinski definition) is 8. The van der Waals surface area contributed by atoms with E-state index < -0.39 is 0 Å². The molecule has 0 saturated heterocycles. The maximum absolute atomic E-state index is 14.8. The van der Waals surface area contributed by atoms with Gasteiger partial charge in [-0.05, 0) is 48.6 Å². The number of nitrogens with zero attached hydrogens (tertiary/aromatic N) is 4. The monoisotopic (exact) mass is 838 g/mol. The van der Waals surface area contributed by atoms with E-state index in [-0.39, 0.29) is 23.0 Å². The highest BCUT2D eigenvalue weighted by molar-refractivity contribution is 6.54. The highest BCUT2D eigenvalue weighted by Gasteiger charge is 2.30. The number of fused-ring (bicyclic) bond motifs is 12. The van der Waals surface area contributed by atoms with Crippen LogP contribution in [0.4, 0.5) is 0 Å². The predicted molar refractivity (Wildman–Crippen MR) is 235 cm³/mol. The molecular weight excluding hydrogens is 811 g/mol. The van der Waals surface area contributed by atoms with Crippen molar-refractivity contribution in [2.45, 2.75) is 27.2 Å². The number of halogens is 3. The van der Waals surface area contributed by atoms with Gasteiger partial charge in [0, 0.05) is 99.6 Å². The van der Waals surface area contributed by atoms with E-state index in [0.717, 1.165) is 28.1 Å². The average molecular weight is 840 g/mol. The van der Waals surface area contributed by atoms with Crippen molar-refractivity contribution in [3.05, 3.63) is 89.9 Å². The van der Waals surface area contributed by atoms with Crippen LogP contribution in [0, 0.1) is 18.8 Å². The summed E-state index contributed by atoms with van der Waals surface area (Å²) in [5.74, 6) is 2.79. The first kappa shape index (κ1) is 34.1. The van der Waals surface area contributed by atoms with Crippen LogP contribution in [0.1, 0.15) is 25.8 Å². The Morgan fingerprint density at radius 1 is 0.559 bits per heavy atom. The van der Waals surface area contributed by atoms with E-state index >= 15 is 0 Å². The number of benzene rings is 7. The number of rotatable bonds is 1. The van der Waals surface area contributed by atoms with E-state index in [9.17, 15) is 9.59 Å². The molecule has 13 heteroatoms. The third-order valence-electron chi connectivity index (χ3n) is 12.7. The quantitative estimate of drug-likeness (QED) is 0.119. The van der Waals surface area contributed by atoms with Crippen LogP contribution >= 0.6 is 34.8 Å². The Morgan fingerprint density at radius 3 is 1.49 bits per heavy atom. The maximum Gasteiger partial charge on any atom is 0.264 e. The number of aryl methyl sites for hydroxylation is 1. The number of aromatic nitrogens is 4. The number of pyridine rings is 2. The van der Waals surface area contributed by atoms with Gasteiger partial charge >= 0.3 is 0 Å². The molecule has 59 heavy (non-hydrogen) atoms. The molecule has 2 aliphatic rings. The Balaban J connectivity index is 1.16. The van der Waals surface area contributed by atoms with Crippen molar-refractivity contribution in [2.75, 3.05) is 26.4 Å². The van der Waals surface area contributed by atoms with E-state index in [1.54, 1.807) is 20.9 Å². The largest absolute Gasteiger partial charge is 0.489 e. The molecule has 0 aliphatic carbocycles. The summed E-state index contributed by atoms with van der Waals surface area (Å²) in [6.07, 6.45) is 0.924. The molecule has 4 aromatic heterocycles. The molecule has 0 radical (unpaired) electrons. The van der Waals surface area contributed by atoms with E-state index in [1.807, 2.05) is 37.3 Å². The number of hydrogen-bond donors (Lipinski definition) is 0. The standard InChI is InChI=1S/C46H29Cl3N4O6/c1-4-19-15-58-32-10-28-30(12-34(32)59-16-19)53-44(51-28)21-6-24(47)40-39-26(49)8-22-36-20(5-18(3)35(41(36)39)38-25(48)7-23(46(53)55)37(21)42(38)40)43-50-27-9-31-33(57-14-17(2)13-56-31)11-29(27)52(43)45(22)54/h5-12,17,19H,4,13-16H2,1-3H3. The Labute approximate surface area is 347 Å². The van der Waals surface area contributed by atoms with Crippen molar-refractivity contribution >= 4 is 133 Å². The van der Waals surface area contributed by atoms with Gasteiger partial charge in [0.15, 0.2) is 23.0 Å². The Kier molecular flexibility index (Phi) is 6.63. The zero-order valence-corrected chi connectivity index (χ0v) is 33.9. The van der Waals surface area contributed by atoms with Gasteiger partial charge in [0.25, 0.3) is 11.1 Å². The topological polar surface area (TPSA) is 106 Å². The second-order valence-electron chi connectivity index (χ2n) is 16.3. The first-order chi connectivity index (χ1) is 28.6. The van der Waals surface area contributed by atoms with Crippen LogP contribution in [0.5, 0.6) is 23.0 Å². The van der Waals surface area contributed by atoms with Gasteiger partial charge in [-0.1, -0.05) is 48.7 Å². The summed E-state index contributed by atoms with van der Waals surface area (Å²) in [5, 5.41) is 9.11. The summed E-state index contributed by atoms with van der Waals surface area (Å²) in [6, 6.07) is 14.7. The first-order valence-corrected chi connectivity index (χ1v) is 20.8. The highest BCUT2D eigenvalue weighted by Crippen LogP contribution is 2.53. The second-order valence-corrected chi connectivity index (χ2v) is 17.5. The van der Waals surface area contributed by atoms with E-state index in [2.05, 4.69) is 19.9 Å². The normalized spacial score (nSPS) is 17.5. The molecule has 290 valence electrons. The molecule has 10 nitrogen and oxygen atoms in total. The predicted octanol–water partition coefficient (Wildman–Crippen LogP) is 10.7. The van der Waals surface area contributed by atoms with Gasteiger partial charge in [0.1, 0.15) is 11.3 Å². The molecule has 0 saturated carbocycles. The van der Waals surface area contributed by atoms with Crippen LogP contribution in [-0.2, 0) is 0 Å². The Morgan fingerprint density at radius 2 is 0.983 bits per heavy atom. The number of imidazole rings is 2. The molecule has 2 unspecified atom stereocenters. The van der Waals surface area contributed by atoms with Crippen molar-refractivity contribution in [1.29, 1.82) is 0 Å². The molecule has 0 bridgehead atoms. The molecule has 6 heterocycles. The van der Waals surface area contributed by atoms with Gasteiger partial charge in [-0.15, -0.1) is 0 Å². The molecule has 7 aromatic carbocycles. The van der Waals surface area contributed by atoms with Crippen LogP contribution in [0.2, 0.25) is 15.1 Å². The van der Waals surface area contributed by atoms with Gasteiger partial charge in [0.2, 0.25) is 0 Å². The van der Waals surface area contributed by atoms with Gasteiger partial charge < -0.3 is 18.9 Å². The van der Waals surface area contributed by atoms with Crippen molar-refractivity contribution in [2.24, 2.45) is 11.8 Å². The summed E-state index contributed by atoms with van der Waals surface area (Å²) >= 11 is 22.2. The lowest BCUT2D eigenvalue weighted by Crippen LogP contribution is -2.15. The zero-order chi connectivity index (χ0) is 39.9. The smallest absolute Gasteiger partial charge is 0.264 e. The minimum absolute atomic E-state index is 0.210. The third kappa shape index (κ3) is 4.24. The summed E-state index contributed by atoms with van der Waals surface area (Å²) in [4.78, 5) is 39.6. The fourth-order valence-electron chi connectivity index (χ4n) is 9.90. The van der Waals surface area contributed by atoms with Gasteiger partial charge in [-0.2, -0.15) is 0 Å².